The highest BCUT2D eigenvalue weighted by atomic mass is 79.9. The van der Waals surface area contributed by atoms with Crippen molar-refractivity contribution in [3.63, 3.8) is 0 Å². The maximum atomic E-state index is 11.8. The van der Waals surface area contributed by atoms with Crippen LogP contribution in [-0.2, 0) is 4.79 Å². The molecule has 1 rings (SSSR count). The molecule has 94 valence electrons. The Morgan fingerprint density at radius 3 is 2.88 bits per heavy atom. The molecule has 0 bridgehead atoms. The van der Waals surface area contributed by atoms with Gasteiger partial charge in [0.1, 0.15) is 0 Å². The molecule has 0 aromatic heterocycles. The summed E-state index contributed by atoms with van der Waals surface area (Å²) in [5.74, 6) is -0.0212. The van der Waals surface area contributed by atoms with E-state index in [0.717, 1.165) is 28.6 Å². The molecular weight excluding hydrogens is 280 g/mol. The molecule has 1 aromatic rings. The van der Waals surface area contributed by atoms with Crippen molar-refractivity contribution in [2.45, 2.75) is 39.2 Å². The quantitative estimate of drug-likeness (QED) is 0.877. The second-order valence-electron chi connectivity index (χ2n) is 4.26. The van der Waals surface area contributed by atoms with Crippen LogP contribution in [0.3, 0.4) is 0 Å². The molecule has 1 aromatic carbocycles. The van der Waals surface area contributed by atoms with Gasteiger partial charge in [0, 0.05) is 22.6 Å². The summed E-state index contributed by atoms with van der Waals surface area (Å²) >= 11 is 3.39. The van der Waals surface area contributed by atoms with E-state index < -0.39 is 0 Å². The number of aryl methyl sites for hydroxylation is 1. The Labute approximate surface area is 111 Å². The zero-order chi connectivity index (χ0) is 12.8. The minimum Gasteiger partial charge on any atom is -0.327 e. The third-order valence-corrected chi connectivity index (χ3v) is 3.07. The molecule has 0 fully saturated rings. The molecule has 0 heterocycles. The van der Waals surface area contributed by atoms with Gasteiger partial charge in [-0.05, 0) is 31.0 Å². The summed E-state index contributed by atoms with van der Waals surface area (Å²) in [7, 11) is 0. The smallest absolute Gasteiger partial charge is 0.225 e. The van der Waals surface area contributed by atoms with E-state index in [1.807, 2.05) is 25.1 Å². The first kappa shape index (κ1) is 14.2. The molecule has 0 saturated heterocycles. The first-order valence-corrected chi connectivity index (χ1v) is 6.63. The Morgan fingerprint density at radius 1 is 1.53 bits per heavy atom. The number of anilines is 1. The van der Waals surface area contributed by atoms with E-state index >= 15 is 0 Å². The Hall–Kier alpha value is -0.870. The third-order valence-electron chi connectivity index (χ3n) is 2.58. The van der Waals surface area contributed by atoms with E-state index in [9.17, 15) is 4.79 Å². The van der Waals surface area contributed by atoms with Crippen LogP contribution in [-0.4, -0.2) is 11.9 Å². The second-order valence-corrected chi connectivity index (χ2v) is 5.18. The van der Waals surface area contributed by atoms with Crippen LogP contribution in [0.2, 0.25) is 0 Å². The molecule has 3 nitrogen and oxygen atoms in total. The summed E-state index contributed by atoms with van der Waals surface area (Å²) in [4.78, 5) is 11.8. The number of amides is 1. The molecule has 1 amide bonds. The number of halogens is 1. The molecule has 0 aliphatic heterocycles. The zero-order valence-electron chi connectivity index (χ0n) is 10.3. The first-order valence-electron chi connectivity index (χ1n) is 5.84. The minimum absolute atomic E-state index is 0.0212. The van der Waals surface area contributed by atoms with Crippen LogP contribution in [0, 0.1) is 6.92 Å². The number of rotatable bonds is 5. The van der Waals surface area contributed by atoms with E-state index in [4.69, 9.17) is 5.73 Å². The van der Waals surface area contributed by atoms with Crippen molar-refractivity contribution in [3.05, 3.63) is 28.2 Å². The average Bonchev–Trinajstić information content (AvgIpc) is 2.23. The second kappa shape index (κ2) is 6.77. The molecule has 3 N–H and O–H groups in total. The SMILES string of the molecule is CCCC(N)CC(=O)Nc1cc(Br)ccc1C. The van der Waals surface area contributed by atoms with E-state index in [1.165, 1.54) is 0 Å². The van der Waals surface area contributed by atoms with Crippen molar-refractivity contribution in [1.29, 1.82) is 0 Å². The topological polar surface area (TPSA) is 55.1 Å². The fraction of sp³-hybridized carbons (Fsp3) is 0.462. The monoisotopic (exact) mass is 298 g/mol. The largest absolute Gasteiger partial charge is 0.327 e. The molecule has 1 unspecified atom stereocenters. The maximum Gasteiger partial charge on any atom is 0.225 e. The number of carbonyl (C=O) groups excluding carboxylic acids is 1. The van der Waals surface area contributed by atoms with Crippen LogP contribution in [0.25, 0.3) is 0 Å². The van der Waals surface area contributed by atoms with Gasteiger partial charge in [-0.25, -0.2) is 0 Å². The number of carbonyl (C=O) groups is 1. The molecule has 0 aliphatic rings. The van der Waals surface area contributed by atoms with Gasteiger partial charge in [-0.3, -0.25) is 4.79 Å². The molecule has 0 spiro atoms. The molecule has 0 aliphatic carbocycles. The maximum absolute atomic E-state index is 11.8. The lowest BCUT2D eigenvalue weighted by molar-refractivity contribution is -0.116. The molecule has 0 radical (unpaired) electrons. The van der Waals surface area contributed by atoms with Crippen molar-refractivity contribution < 1.29 is 4.79 Å². The van der Waals surface area contributed by atoms with Gasteiger partial charge in [0.05, 0.1) is 0 Å². The minimum atomic E-state index is -0.0486. The van der Waals surface area contributed by atoms with E-state index in [2.05, 4.69) is 28.2 Å². The van der Waals surface area contributed by atoms with Gasteiger partial charge in [-0.2, -0.15) is 0 Å². The lowest BCUT2D eigenvalue weighted by atomic mass is 10.1. The van der Waals surface area contributed by atoms with Crippen LogP contribution in [0.15, 0.2) is 22.7 Å². The highest BCUT2D eigenvalue weighted by Crippen LogP contribution is 2.20. The van der Waals surface area contributed by atoms with Crippen LogP contribution < -0.4 is 11.1 Å². The molecule has 0 saturated carbocycles. The number of hydrogen-bond donors (Lipinski definition) is 2. The van der Waals surface area contributed by atoms with Gasteiger partial charge in [-0.15, -0.1) is 0 Å². The lowest BCUT2D eigenvalue weighted by Gasteiger charge is -2.12. The van der Waals surface area contributed by atoms with E-state index in [1.54, 1.807) is 0 Å². The Balaban J connectivity index is 2.58. The summed E-state index contributed by atoms with van der Waals surface area (Å²) in [5.41, 5.74) is 7.72. The number of nitrogens with one attached hydrogen (secondary N) is 1. The van der Waals surface area contributed by atoms with Crippen LogP contribution in [0.4, 0.5) is 5.69 Å². The van der Waals surface area contributed by atoms with Crippen molar-refractivity contribution in [3.8, 4) is 0 Å². The fourth-order valence-corrected chi connectivity index (χ4v) is 2.00. The van der Waals surface area contributed by atoms with Gasteiger partial charge in [0.2, 0.25) is 5.91 Å². The average molecular weight is 299 g/mol. The first-order chi connectivity index (χ1) is 8.02. The van der Waals surface area contributed by atoms with Gasteiger partial charge in [0.25, 0.3) is 0 Å². The van der Waals surface area contributed by atoms with E-state index in [-0.39, 0.29) is 11.9 Å². The summed E-state index contributed by atoms with van der Waals surface area (Å²) in [6, 6.07) is 5.77. The summed E-state index contributed by atoms with van der Waals surface area (Å²) in [5, 5.41) is 2.89. The van der Waals surface area contributed by atoms with Gasteiger partial charge >= 0.3 is 0 Å². The van der Waals surface area contributed by atoms with Crippen molar-refractivity contribution in [1.82, 2.24) is 0 Å². The van der Waals surface area contributed by atoms with Gasteiger partial charge in [-0.1, -0.05) is 35.3 Å². The Kier molecular flexibility index (Phi) is 5.65. The normalized spacial score (nSPS) is 12.2. The summed E-state index contributed by atoms with van der Waals surface area (Å²) < 4.78 is 0.955. The Morgan fingerprint density at radius 2 is 2.24 bits per heavy atom. The van der Waals surface area contributed by atoms with Crippen LogP contribution >= 0.6 is 15.9 Å². The molecule has 4 heteroatoms. The summed E-state index contributed by atoms with van der Waals surface area (Å²) in [6.45, 7) is 4.03. The highest BCUT2D eigenvalue weighted by molar-refractivity contribution is 9.10. The number of hydrogen-bond acceptors (Lipinski definition) is 2. The highest BCUT2D eigenvalue weighted by Gasteiger charge is 2.10. The summed E-state index contributed by atoms with van der Waals surface area (Å²) in [6.07, 6.45) is 2.26. The van der Waals surface area contributed by atoms with Crippen molar-refractivity contribution in [2.24, 2.45) is 5.73 Å². The molecule has 17 heavy (non-hydrogen) atoms. The van der Waals surface area contributed by atoms with Crippen LogP contribution in [0.1, 0.15) is 31.7 Å². The van der Waals surface area contributed by atoms with E-state index in [0.29, 0.717) is 6.42 Å². The predicted molar refractivity (Wildman–Crippen MR) is 75.0 cm³/mol. The fourth-order valence-electron chi connectivity index (χ4n) is 1.64. The van der Waals surface area contributed by atoms with Gasteiger partial charge < -0.3 is 11.1 Å². The lowest BCUT2D eigenvalue weighted by Crippen LogP contribution is -2.27. The van der Waals surface area contributed by atoms with Crippen LogP contribution in [0.5, 0.6) is 0 Å². The number of nitrogens with two attached hydrogens (primary N) is 1. The number of benzene rings is 1. The predicted octanol–water partition coefficient (Wildman–Crippen LogP) is 3.21. The molecule has 1 atom stereocenters. The van der Waals surface area contributed by atoms with Gasteiger partial charge in [0.15, 0.2) is 0 Å². The standard InChI is InChI=1S/C13H19BrN2O/c1-3-4-11(15)8-13(17)16-12-7-10(14)6-5-9(12)2/h5-7,11H,3-4,8,15H2,1-2H3,(H,16,17). The van der Waals surface area contributed by atoms with Crippen molar-refractivity contribution in [2.75, 3.05) is 5.32 Å². The zero-order valence-corrected chi connectivity index (χ0v) is 11.9. The molecular formula is C13H19BrN2O. The third kappa shape index (κ3) is 4.88. The Bertz CT molecular complexity index is 393. The van der Waals surface area contributed by atoms with Crippen molar-refractivity contribution >= 4 is 27.5 Å².